The Morgan fingerprint density at radius 1 is 1.13 bits per heavy atom. The van der Waals surface area contributed by atoms with E-state index in [2.05, 4.69) is 13.8 Å². The first-order chi connectivity index (χ1) is 14.3. The highest BCUT2D eigenvalue weighted by molar-refractivity contribution is 5.88. The van der Waals surface area contributed by atoms with E-state index in [1.165, 1.54) is 12.3 Å². The molecule has 0 saturated heterocycles. The average molecular weight is 413 g/mol. The van der Waals surface area contributed by atoms with Crippen molar-refractivity contribution in [2.75, 3.05) is 14.2 Å². The number of fused-ring (bicyclic) bond motifs is 3. The zero-order valence-electron chi connectivity index (χ0n) is 17.7. The SMILES string of the molecule is COc1cc2c(cc1O[C@H]1C[C@H](OC)C1)C[C@@H](C(C)C)n1cc(C(=O)O)c(=O)cc1-2. The van der Waals surface area contributed by atoms with E-state index < -0.39 is 11.4 Å². The van der Waals surface area contributed by atoms with Crippen LogP contribution in [-0.2, 0) is 11.2 Å². The summed E-state index contributed by atoms with van der Waals surface area (Å²) in [5.41, 5.74) is 1.93. The Bertz CT molecular complexity index is 1030. The van der Waals surface area contributed by atoms with Gasteiger partial charge in [0.2, 0.25) is 0 Å². The van der Waals surface area contributed by atoms with Gasteiger partial charge in [-0.2, -0.15) is 0 Å². The highest BCUT2D eigenvalue weighted by atomic mass is 16.5. The Morgan fingerprint density at radius 3 is 2.47 bits per heavy atom. The minimum Gasteiger partial charge on any atom is -0.493 e. The molecule has 0 radical (unpaired) electrons. The van der Waals surface area contributed by atoms with Crippen molar-refractivity contribution in [2.24, 2.45) is 5.92 Å². The van der Waals surface area contributed by atoms with E-state index in [1.54, 1.807) is 14.2 Å². The van der Waals surface area contributed by atoms with Crippen LogP contribution >= 0.6 is 0 Å². The molecule has 1 atom stereocenters. The predicted molar refractivity (Wildman–Crippen MR) is 112 cm³/mol. The van der Waals surface area contributed by atoms with Crippen LogP contribution in [0.5, 0.6) is 11.5 Å². The Labute approximate surface area is 175 Å². The van der Waals surface area contributed by atoms with Gasteiger partial charge >= 0.3 is 5.97 Å². The first-order valence-corrected chi connectivity index (χ1v) is 10.2. The van der Waals surface area contributed by atoms with E-state index in [9.17, 15) is 14.7 Å². The van der Waals surface area contributed by atoms with Crippen molar-refractivity contribution < 1.29 is 24.1 Å². The molecule has 0 unspecified atom stereocenters. The number of aromatic nitrogens is 1. The van der Waals surface area contributed by atoms with Crippen molar-refractivity contribution >= 4 is 5.97 Å². The topological polar surface area (TPSA) is 87.0 Å². The minimum atomic E-state index is -1.21. The first kappa shape index (κ1) is 20.5. The molecule has 1 fully saturated rings. The smallest absolute Gasteiger partial charge is 0.341 e. The van der Waals surface area contributed by atoms with Gasteiger partial charge in [0.25, 0.3) is 0 Å². The Morgan fingerprint density at radius 2 is 1.87 bits per heavy atom. The molecule has 1 N–H and O–H groups in total. The Kier molecular flexibility index (Phi) is 5.32. The van der Waals surface area contributed by atoms with Crippen LogP contribution in [0.15, 0.2) is 29.2 Å². The fourth-order valence-corrected chi connectivity index (χ4v) is 4.33. The number of ether oxygens (including phenoxy) is 3. The van der Waals surface area contributed by atoms with Crippen molar-refractivity contribution in [3.8, 4) is 22.8 Å². The molecule has 1 aromatic heterocycles. The number of benzene rings is 1. The molecule has 1 aromatic carbocycles. The van der Waals surface area contributed by atoms with Gasteiger partial charge in [0.1, 0.15) is 11.7 Å². The normalized spacial score (nSPS) is 22.1. The number of nitrogens with zero attached hydrogens (tertiary/aromatic N) is 1. The van der Waals surface area contributed by atoms with Crippen molar-refractivity contribution in [1.29, 1.82) is 0 Å². The number of carbonyl (C=O) groups is 1. The van der Waals surface area contributed by atoms with E-state index in [1.807, 2.05) is 16.7 Å². The van der Waals surface area contributed by atoms with Crippen LogP contribution in [0.2, 0.25) is 0 Å². The maximum Gasteiger partial charge on any atom is 0.341 e. The van der Waals surface area contributed by atoms with Crippen molar-refractivity contribution in [3.63, 3.8) is 0 Å². The third-order valence-corrected chi connectivity index (χ3v) is 6.21. The molecule has 30 heavy (non-hydrogen) atoms. The summed E-state index contributed by atoms with van der Waals surface area (Å²) in [7, 11) is 3.30. The molecule has 2 heterocycles. The molecule has 160 valence electrons. The number of pyridine rings is 1. The third kappa shape index (κ3) is 3.47. The van der Waals surface area contributed by atoms with Crippen LogP contribution < -0.4 is 14.9 Å². The second-order valence-electron chi connectivity index (χ2n) is 8.39. The molecule has 0 spiro atoms. The van der Waals surface area contributed by atoms with Gasteiger partial charge in [-0.05, 0) is 30.0 Å². The van der Waals surface area contributed by atoms with Crippen LogP contribution in [0, 0.1) is 5.92 Å². The monoisotopic (exact) mass is 413 g/mol. The van der Waals surface area contributed by atoms with Crippen molar-refractivity contribution in [3.05, 3.63) is 45.7 Å². The van der Waals surface area contributed by atoms with E-state index in [0.717, 1.165) is 24.0 Å². The Balaban J connectivity index is 1.79. The summed E-state index contributed by atoms with van der Waals surface area (Å²) in [4.78, 5) is 23.9. The van der Waals surface area contributed by atoms with E-state index in [-0.39, 0.29) is 29.7 Å². The van der Waals surface area contributed by atoms with Crippen LogP contribution in [-0.4, -0.2) is 42.1 Å². The van der Waals surface area contributed by atoms with Crippen molar-refractivity contribution in [1.82, 2.24) is 4.57 Å². The molecule has 1 aliphatic heterocycles. The summed E-state index contributed by atoms with van der Waals surface area (Å²) in [6, 6.07) is 5.35. The van der Waals surface area contributed by atoms with Gasteiger partial charge in [0.15, 0.2) is 16.9 Å². The fourth-order valence-electron chi connectivity index (χ4n) is 4.33. The zero-order valence-corrected chi connectivity index (χ0v) is 17.7. The molecule has 0 amide bonds. The van der Waals surface area contributed by atoms with Gasteiger partial charge in [0, 0.05) is 43.8 Å². The second kappa shape index (κ2) is 7.80. The fraction of sp³-hybridized carbons (Fsp3) is 0.478. The standard InChI is InChI=1S/C23H27NO6/c1-12(2)18-5-13-6-22(30-15-7-14(8-15)28-3)21(29-4)9-16(13)19-10-20(25)17(23(26)27)11-24(18)19/h6,9-12,14-15,18H,5,7-8H2,1-4H3,(H,26,27)/t14-,15-,18-/m0/s1. The quantitative estimate of drug-likeness (QED) is 0.780. The summed E-state index contributed by atoms with van der Waals surface area (Å²) in [6.07, 6.45) is 4.23. The van der Waals surface area contributed by atoms with Crippen molar-refractivity contribution in [2.45, 2.75) is 51.4 Å². The molecule has 7 heteroatoms. The van der Waals surface area contributed by atoms with Crippen LogP contribution in [0.4, 0.5) is 0 Å². The van der Waals surface area contributed by atoms with Crippen LogP contribution in [0.3, 0.4) is 0 Å². The van der Waals surface area contributed by atoms with Gasteiger partial charge in [0.05, 0.1) is 18.9 Å². The number of methoxy groups -OCH3 is 2. The third-order valence-electron chi connectivity index (χ3n) is 6.21. The van der Waals surface area contributed by atoms with Gasteiger partial charge in [-0.25, -0.2) is 4.79 Å². The average Bonchev–Trinajstić information content (AvgIpc) is 2.68. The maximum absolute atomic E-state index is 12.4. The van der Waals surface area contributed by atoms with E-state index in [4.69, 9.17) is 14.2 Å². The van der Waals surface area contributed by atoms with Gasteiger partial charge in [-0.3, -0.25) is 4.79 Å². The number of hydrogen-bond acceptors (Lipinski definition) is 5. The molecule has 2 aromatic rings. The molecular weight excluding hydrogens is 386 g/mol. The molecular formula is C23H27NO6. The van der Waals surface area contributed by atoms with Crippen LogP contribution in [0.25, 0.3) is 11.3 Å². The first-order valence-electron chi connectivity index (χ1n) is 10.2. The zero-order chi connectivity index (χ0) is 21.6. The lowest BCUT2D eigenvalue weighted by Gasteiger charge is -2.36. The molecule has 0 bridgehead atoms. The Hall–Kier alpha value is -2.80. The minimum absolute atomic E-state index is 0.0361. The maximum atomic E-state index is 12.4. The molecule has 1 saturated carbocycles. The van der Waals surface area contributed by atoms with E-state index in [0.29, 0.717) is 23.6 Å². The molecule has 7 nitrogen and oxygen atoms in total. The summed E-state index contributed by atoms with van der Waals surface area (Å²) in [5.74, 6) is 0.330. The summed E-state index contributed by atoms with van der Waals surface area (Å²) < 4.78 is 19.0. The summed E-state index contributed by atoms with van der Waals surface area (Å²) in [6.45, 7) is 4.19. The number of carboxylic acid groups (broad SMARTS) is 1. The largest absolute Gasteiger partial charge is 0.493 e. The molecule has 1 aliphatic carbocycles. The number of aromatic carboxylic acids is 1. The number of rotatable bonds is 6. The van der Waals surface area contributed by atoms with Gasteiger partial charge < -0.3 is 23.9 Å². The molecule has 2 aliphatic rings. The molecule has 4 rings (SSSR count). The summed E-state index contributed by atoms with van der Waals surface area (Å²) >= 11 is 0. The highest BCUT2D eigenvalue weighted by Crippen LogP contribution is 2.43. The number of hydrogen-bond donors (Lipinski definition) is 1. The lowest BCUT2D eigenvalue weighted by molar-refractivity contribution is -0.0388. The number of carboxylic acids is 1. The lowest BCUT2D eigenvalue weighted by Crippen LogP contribution is -2.39. The van der Waals surface area contributed by atoms with Gasteiger partial charge in [-0.1, -0.05) is 13.8 Å². The highest BCUT2D eigenvalue weighted by Gasteiger charge is 2.33. The van der Waals surface area contributed by atoms with Crippen LogP contribution in [0.1, 0.15) is 48.7 Å². The van der Waals surface area contributed by atoms with Gasteiger partial charge in [-0.15, -0.1) is 0 Å². The lowest BCUT2D eigenvalue weighted by atomic mass is 9.87. The summed E-state index contributed by atoms with van der Waals surface area (Å²) in [5, 5.41) is 9.40. The second-order valence-corrected chi connectivity index (χ2v) is 8.39. The predicted octanol–water partition coefficient (Wildman–Crippen LogP) is 3.53. The van der Waals surface area contributed by atoms with E-state index >= 15 is 0 Å².